The molecule has 1 unspecified atom stereocenters. The zero-order valence-electron chi connectivity index (χ0n) is 12.3. The van der Waals surface area contributed by atoms with Crippen molar-refractivity contribution >= 4 is 46.9 Å². The van der Waals surface area contributed by atoms with Crippen LogP contribution in [0.2, 0.25) is 15.1 Å². The van der Waals surface area contributed by atoms with Gasteiger partial charge in [0, 0.05) is 11.1 Å². The van der Waals surface area contributed by atoms with Gasteiger partial charge in [0.25, 0.3) is 0 Å². The summed E-state index contributed by atoms with van der Waals surface area (Å²) in [4.78, 5) is 10.7. The molecule has 0 aromatic heterocycles. The second kappa shape index (κ2) is 7.77. The molecular weight excluding hydrogens is 403 g/mol. The Labute approximate surface area is 155 Å². The van der Waals surface area contributed by atoms with Crippen LogP contribution in [0.25, 0.3) is 5.83 Å². The Kier molecular flexibility index (Phi) is 6.14. The maximum Gasteiger partial charge on any atom is 0.399 e. The first-order valence-electron chi connectivity index (χ1n) is 6.77. The molecule has 0 spiro atoms. The predicted octanol–water partition coefficient (Wildman–Crippen LogP) is 7.12. The number of halogens is 7. The molecule has 8 heteroatoms. The van der Waals surface area contributed by atoms with Crippen LogP contribution >= 0.6 is 34.8 Å². The fourth-order valence-electron chi connectivity index (χ4n) is 2.10. The van der Waals surface area contributed by atoms with Crippen LogP contribution in [0.15, 0.2) is 42.5 Å². The molecule has 0 heterocycles. The first-order chi connectivity index (χ1) is 11.6. The molecule has 0 aliphatic carbocycles. The first-order valence-corrected chi connectivity index (χ1v) is 7.91. The first kappa shape index (κ1) is 19.8. The number of hydrogen-bond donors (Lipinski definition) is 0. The summed E-state index contributed by atoms with van der Waals surface area (Å²) in [6.45, 7) is 0. The maximum absolute atomic E-state index is 14.4. The molecule has 2 aromatic rings. The summed E-state index contributed by atoms with van der Waals surface area (Å²) >= 11 is 17.2. The molecule has 1 atom stereocenters. The monoisotopic (exact) mass is 410 g/mol. The largest absolute Gasteiger partial charge is 0.399 e. The van der Waals surface area contributed by atoms with Crippen molar-refractivity contribution in [1.29, 1.82) is 0 Å². The molecule has 132 valence electrons. The highest BCUT2D eigenvalue weighted by Gasteiger charge is 2.40. The number of rotatable bonds is 4. The van der Waals surface area contributed by atoms with E-state index in [4.69, 9.17) is 34.8 Å². The molecule has 0 aliphatic heterocycles. The van der Waals surface area contributed by atoms with Gasteiger partial charge >= 0.3 is 6.18 Å². The number of carbonyl (C=O) groups excluding carboxylic acids is 1. The fourth-order valence-corrected chi connectivity index (χ4v) is 2.63. The highest BCUT2D eigenvalue weighted by Crippen LogP contribution is 2.40. The van der Waals surface area contributed by atoms with Gasteiger partial charge in [0.15, 0.2) is 6.29 Å². The second-order valence-electron chi connectivity index (χ2n) is 5.06. The Hall–Kier alpha value is -1.56. The van der Waals surface area contributed by atoms with Crippen molar-refractivity contribution < 1.29 is 22.4 Å². The average Bonchev–Trinajstić information content (AvgIpc) is 2.54. The molecule has 0 amide bonds. The van der Waals surface area contributed by atoms with Gasteiger partial charge in [0.05, 0.1) is 15.1 Å². The normalized spacial score (nSPS) is 13.6. The van der Waals surface area contributed by atoms with E-state index in [0.717, 1.165) is 18.2 Å². The summed E-state index contributed by atoms with van der Waals surface area (Å²) < 4.78 is 54.4. The summed E-state index contributed by atoms with van der Waals surface area (Å²) in [6.07, 6.45) is -3.87. The minimum atomic E-state index is -4.75. The zero-order chi connectivity index (χ0) is 18.8. The van der Waals surface area contributed by atoms with Crippen LogP contribution in [-0.2, 0) is 0 Å². The predicted molar refractivity (Wildman–Crippen MR) is 91.2 cm³/mol. The second-order valence-corrected chi connectivity index (χ2v) is 6.28. The third kappa shape index (κ3) is 4.75. The van der Waals surface area contributed by atoms with Crippen molar-refractivity contribution in [2.24, 2.45) is 0 Å². The van der Waals surface area contributed by atoms with Gasteiger partial charge in [0.2, 0.25) is 0 Å². The van der Waals surface area contributed by atoms with Crippen molar-refractivity contribution in [3.63, 3.8) is 0 Å². The van der Waals surface area contributed by atoms with Crippen LogP contribution < -0.4 is 0 Å². The van der Waals surface area contributed by atoms with Crippen LogP contribution in [0.5, 0.6) is 0 Å². The number of alkyl halides is 3. The third-order valence-electron chi connectivity index (χ3n) is 3.37. The van der Waals surface area contributed by atoms with Gasteiger partial charge < -0.3 is 0 Å². The molecule has 1 nitrogen and oxygen atoms in total. The van der Waals surface area contributed by atoms with Gasteiger partial charge in [0.1, 0.15) is 11.7 Å². The Morgan fingerprint density at radius 1 is 0.960 bits per heavy atom. The minimum Gasteiger partial charge on any atom is -0.298 e. The Morgan fingerprint density at radius 2 is 1.64 bits per heavy atom. The summed E-state index contributed by atoms with van der Waals surface area (Å²) in [7, 11) is 0. The van der Waals surface area contributed by atoms with Crippen LogP contribution in [0.3, 0.4) is 0 Å². The van der Waals surface area contributed by atoms with E-state index < -0.39 is 17.9 Å². The van der Waals surface area contributed by atoms with Crippen molar-refractivity contribution in [2.75, 3.05) is 0 Å². The molecular formula is C17H9Cl3F4O. The van der Waals surface area contributed by atoms with Gasteiger partial charge in [-0.15, -0.1) is 0 Å². The smallest absolute Gasteiger partial charge is 0.298 e. The lowest BCUT2D eigenvalue weighted by atomic mass is 9.96. The third-order valence-corrected chi connectivity index (χ3v) is 4.44. The Balaban J connectivity index is 2.48. The summed E-state index contributed by atoms with van der Waals surface area (Å²) in [5.74, 6) is -3.36. The van der Waals surface area contributed by atoms with E-state index in [-0.39, 0.29) is 31.8 Å². The van der Waals surface area contributed by atoms with Gasteiger partial charge in [-0.3, -0.25) is 4.79 Å². The lowest BCUT2D eigenvalue weighted by Gasteiger charge is -2.18. The lowest BCUT2D eigenvalue weighted by Crippen LogP contribution is -2.19. The van der Waals surface area contributed by atoms with E-state index >= 15 is 0 Å². The van der Waals surface area contributed by atoms with Crippen LogP contribution in [0.4, 0.5) is 17.6 Å². The number of benzene rings is 2. The van der Waals surface area contributed by atoms with Crippen LogP contribution in [0.1, 0.15) is 27.4 Å². The van der Waals surface area contributed by atoms with Crippen LogP contribution in [0, 0.1) is 0 Å². The number of carbonyl (C=O) groups is 1. The minimum absolute atomic E-state index is 0.0610. The summed E-state index contributed by atoms with van der Waals surface area (Å²) in [6, 6.07) is 6.84. The van der Waals surface area contributed by atoms with Gasteiger partial charge in [-0.05, 0) is 35.9 Å². The molecule has 0 bridgehead atoms. The molecule has 0 saturated carbocycles. The van der Waals surface area contributed by atoms with Crippen LogP contribution in [-0.4, -0.2) is 12.5 Å². The molecule has 25 heavy (non-hydrogen) atoms. The van der Waals surface area contributed by atoms with Crippen molar-refractivity contribution in [3.8, 4) is 0 Å². The average molecular weight is 412 g/mol. The summed E-state index contributed by atoms with van der Waals surface area (Å²) in [5.41, 5.74) is -0.326. The van der Waals surface area contributed by atoms with E-state index in [2.05, 4.69) is 0 Å². The number of hydrogen-bond acceptors (Lipinski definition) is 1. The maximum atomic E-state index is 14.4. The lowest BCUT2D eigenvalue weighted by molar-refractivity contribution is -0.139. The standard InChI is InChI=1S/C17H9Cl3F4O/c18-13-4-3-9(5-15(13)20)12(17(22,23)24)7-16(21)10-1-2-11(8-25)14(19)6-10/h1-8,12H/b16-7-. The van der Waals surface area contributed by atoms with E-state index in [1.54, 1.807) is 0 Å². The van der Waals surface area contributed by atoms with Crippen molar-refractivity contribution in [3.05, 3.63) is 74.2 Å². The van der Waals surface area contributed by atoms with E-state index in [1.165, 1.54) is 18.2 Å². The molecule has 0 radical (unpaired) electrons. The fraction of sp³-hybridized carbons (Fsp3) is 0.118. The van der Waals surface area contributed by atoms with Crippen molar-refractivity contribution in [1.82, 2.24) is 0 Å². The molecule has 2 aromatic carbocycles. The van der Waals surface area contributed by atoms with Crippen molar-refractivity contribution in [2.45, 2.75) is 12.1 Å². The highest BCUT2D eigenvalue weighted by molar-refractivity contribution is 6.42. The van der Waals surface area contributed by atoms with E-state index in [9.17, 15) is 22.4 Å². The quantitative estimate of drug-likeness (QED) is 0.387. The van der Waals surface area contributed by atoms with E-state index in [1.807, 2.05) is 0 Å². The molecule has 0 aliphatic rings. The van der Waals surface area contributed by atoms with E-state index in [0.29, 0.717) is 12.4 Å². The topological polar surface area (TPSA) is 17.1 Å². The number of aldehydes is 1. The summed E-state index contributed by atoms with van der Waals surface area (Å²) in [5, 5.41) is -0.0400. The highest BCUT2D eigenvalue weighted by atomic mass is 35.5. The molecule has 2 rings (SSSR count). The van der Waals surface area contributed by atoms with Gasteiger partial charge in [-0.2, -0.15) is 13.2 Å². The molecule has 0 fully saturated rings. The number of allylic oxidation sites excluding steroid dienone is 1. The SMILES string of the molecule is O=Cc1ccc(/C(F)=C/C(c2ccc(Cl)c(Cl)c2)C(F)(F)F)cc1Cl. The Bertz CT molecular complexity index is 831. The zero-order valence-corrected chi connectivity index (χ0v) is 14.5. The van der Waals surface area contributed by atoms with Gasteiger partial charge in [-0.1, -0.05) is 46.9 Å². The molecule has 0 saturated heterocycles. The molecule has 0 N–H and O–H groups in total. The van der Waals surface area contributed by atoms with Gasteiger partial charge in [-0.25, -0.2) is 4.39 Å². The Morgan fingerprint density at radius 3 is 2.16 bits per heavy atom.